The van der Waals surface area contributed by atoms with E-state index in [1.54, 1.807) is 28.8 Å². The molecule has 0 aliphatic carbocycles. The number of aromatic nitrogens is 4. The van der Waals surface area contributed by atoms with Crippen LogP contribution in [0.5, 0.6) is 0 Å². The van der Waals surface area contributed by atoms with Crippen molar-refractivity contribution in [1.29, 1.82) is 0 Å². The van der Waals surface area contributed by atoms with Crippen molar-refractivity contribution in [2.45, 2.75) is 26.8 Å². The summed E-state index contributed by atoms with van der Waals surface area (Å²) in [5.74, 6) is 0.0716. The first kappa shape index (κ1) is 17.9. The van der Waals surface area contributed by atoms with Gasteiger partial charge in [-0.05, 0) is 51.1 Å². The highest BCUT2D eigenvalue weighted by Crippen LogP contribution is 2.23. The second-order valence-corrected chi connectivity index (χ2v) is 6.75. The molecule has 28 heavy (non-hydrogen) atoms. The number of amides is 1. The van der Waals surface area contributed by atoms with Gasteiger partial charge in [-0.25, -0.2) is 4.39 Å². The normalized spacial score (nSPS) is 12.3. The number of rotatable bonds is 4. The minimum absolute atomic E-state index is 0.240. The van der Waals surface area contributed by atoms with Gasteiger partial charge >= 0.3 is 0 Å². The fraction of sp³-hybridized carbons (Fsp3) is 0.190. The summed E-state index contributed by atoms with van der Waals surface area (Å²) in [7, 11) is 0. The molecule has 6 nitrogen and oxygen atoms in total. The summed E-state index contributed by atoms with van der Waals surface area (Å²) in [5.41, 5.74) is 3.11. The minimum Gasteiger partial charge on any atom is -0.342 e. The first-order valence-electron chi connectivity index (χ1n) is 9.01. The van der Waals surface area contributed by atoms with Gasteiger partial charge in [-0.15, -0.1) is 10.2 Å². The molecule has 4 rings (SSSR count). The van der Waals surface area contributed by atoms with Crippen LogP contribution in [-0.2, 0) is 0 Å². The Kier molecular flexibility index (Phi) is 4.43. The molecular formula is C21H20FN5O. The lowest BCUT2D eigenvalue weighted by Crippen LogP contribution is -2.28. The summed E-state index contributed by atoms with van der Waals surface area (Å²) in [5, 5.41) is 11.3. The van der Waals surface area contributed by atoms with Crippen LogP contribution < -0.4 is 5.32 Å². The third-order valence-corrected chi connectivity index (χ3v) is 4.84. The molecule has 3 heterocycles. The molecule has 1 N–H and O–H groups in total. The molecule has 0 spiro atoms. The zero-order valence-corrected chi connectivity index (χ0v) is 15.8. The Balaban J connectivity index is 1.64. The zero-order valence-electron chi connectivity index (χ0n) is 15.8. The van der Waals surface area contributed by atoms with Crippen LogP contribution in [0.25, 0.3) is 11.3 Å². The van der Waals surface area contributed by atoms with E-state index in [0.29, 0.717) is 22.8 Å². The Bertz CT molecular complexity index is 1180. The Hall–Kier alpha value is -3.48. The van der Waals surface area contributed by atoms with E-state index >= 15 is 0 Å². The number of nitrogens with zero attached hydrogens (tertiary/aromatic N) is 4. The Morgan fingerprint density at radius 3 is 2.64 bits per heavy atom. The van der Waals surface area contributed by atoms with Crippen molar-refractivity contribution in [2.24, 2.45) is 0 Å². The van der Waals surface area contributed by atoms with Crippen molar-refractivity contribution in [3.63, 3.8) is 0 Å². The van der Waals surface area contributed by atoms with Crippen LogP contribution in [0.4, 0.5) is 4.39 Å². The molecule has 0 bridgehead atoms. The first-order valence-corrected chi connectivity index (χ1v) is 9.01. The van der Waals surface area contributed by atoms with Gasteiger partial charge in [-0.2, -0.15) is 0 Å². The molecule has 0 radical (unpaired) electrons. The number of benzene rings is 1. The highest BCUT2D eigenvalue weighted by molar-refractivity contribution is 5.96. The number of aryl methyl sites for hydroxylation is 1. The van der Waals surface area contributed by atoms with E-state index in [-0.39, 0.29) is 17.8 Å². The lowest BCUT2D eigenvalue weighted by molar-refractivity contribution is 0.0937. The van der Waals surface area contributed by atoms with Gasteiger partial charge in [-0.1, -0.05) is 18.2 Å². The van der Waals surface area contributed by atoms with Crippen molar-refractivity contribution in [2.75, 3.05) is 0 Å². The van der Waals surface area contributed by atoms with Crippen LogP contribution in [-0.4, -0.2) is 25.1 Å². The van der Waals surface area contributed by atoms with Gasteiger partial charge in [0.05, 0.1) is 17.3 Å². The number of fused-ring (bicyclic) bond motifs is 1. The number of carbonyl (C=O) groups excluding carboxylic acids is 1. The molecule has 4 aromatic rings. The molecule has 0 aliphatic rings. The molecule has 0 fully saturated rings. The summed E-state index contributed by atoms with van der Waals surface area (Å²) in [6, 6.07) is 13.6. The number of halogens is 1. The summed E-state index contributed by atoms with van der Waals surface area (Å²) < 4.78 is 17.8. The van der Waals surface area contributed by atoms with Gasteiger partial charge in [0, 0.05) is 17.6 Å². The maximum Gasteiger partial charge on any atom is 0.253 e. The van der Waals surface area contributed by atoms with Crippen molar-refractivity contribution in [3.8, 4) is 5.69 Å². The number of hydrogen-bond acceptors (Lipinski definition) is 3. The van der Waals surface area contributed by atoms with Crippen LogP contribution in [0, 0.1) is 19.7 Å². The third kappa shape index (κ3) is 2.94. The molecule has 0 aliphatic heterocycles. The highest BCUT2D eigenvalue weighted by atomic mass is 19.1. The summed E-state index contributed by atoms with van der Waals surface area (Å²) >= 11 is 0. The van der Waals surface area contributed by atoms with Gasteiger partial charge in [0.1, 0.15) is 5.82 Å². The summed E-state index contributed by atoms with van der Waals surface area (Å²) in [6.07, 6.45) is 1.86. The van der Waals surface area contributed by atoms with Gasteiger partial charge < -0.3 is 9.88 Å². The SMILES string of the molecule is Cc1cc(C(=O)NC(C)c2nnc3ccccn23)c(C)n1-c1ccccc1F. The average Bonchev–Trinajstić information content (AvgIpc) is 3.23. The third-order valence-electron chi connectivity index (χ3n) is 4.84. The molecule has 0 saturated carbocycles. The largest absolute Gasteiger partial charge is 0.342 e. The van der Waals surface area contributed by atoms with Crippen LogP contribution in [0.1, 0.15) is 40.5 Å². The topological polar surface area (TPSA) is 64.2 Å². The Morgan fingerprint density at radius 1 is 1.11 bits per heavy atom. The highest BCUT2D eigenvalue weighted by Gasteiger charge is 2.21. The van der Waals surface area contributed by atoms with E-state index in [1.165, 1.54) is 6.07 Å². The molecule has 1 amide bonds. The number of pyridine rings is 1. The average molecular weight is 377 g/mol. The van der Waals surface area contributed by atoms with E-state index in [4.69, 9.17) is 0 Å². The molecule has 1 aromatic carbocycles. The predicted molar refractivity (Wildman–Crippen MR) is 104 cm³/mol. The monoisotopic (exact) mass is 377 g/mol. The van der Waals surface area contributed by atoms with Gasteiger partial charge in [0.15, 0.2) is 11.5 Å². The summed E-state index contributed by atoms with van der Waals surface area (Å²) in [6.45, 7) is 5.52. The van der Waals surface area contributed by atoms with Crippen LogP contribution in [0.3, 0.4) is 0 Å². The van der Waals surface area contributed by atoms with E-state index in [1.807, 2.05) is 49.6 Å². The van der Waals surface area contributed by atoms with E-state index in [9.17, 15) is 9.18 Å². The van der Waals surface area contributed by atoms with Crippen molar-refractivity contribution in [1.82, 2.24) is 24.5 Å². The maximum absolute atomic E-state index is 14.3. The second kappa shape index (κ2) is 6.92. The van der Waals surface area contributed by atoms with E-state index in [0.717, 1.165) is 11.3 Å². The molecule has 7 heteroatoms. The van der Waals surface area contributed by atoms with E-state index in [2.05, 4.69) is 15.5 Å². The number of hydrogen-bond donors (Lipinski definition) is 1. The van der Waals surface area contributed by atoms with Gasteiger partial charge in [0.2, 0.25) is 0 Å². The minimum atomic E-state index is -0.346. The van der Waals surface area contributed by atoms with Crippen LogP contribution in [0.15, 0.2) is 54.7 Å². The van der Waals surface area contributed by atoms with E-state index < -0.39 is 0 Å². The predicted octanol–water partition coefficient (Wildman–Crippen LogP) is 3.77. The number of carbonyl (C=O) groups is 1. The number of para-hydroxylation sites is 1. The maximum atomic E-state index is 14.3. The quantitative estimate of drug-likeness (QED) is 0.589. The molecular weight excluding hydrogens is 357 g/mol. The molecule has 0 saturated heterocycles. The standard InChI is InChI=1S/C21H20FN5O/c1-13-12-16(15(3)27(13)18-9-5-4-8-17(18)22)21(28)23-14(2)20-25-24-19-10-6-7-11-26(19)20/h4-12,14H,1-3H3,(H,23,28). The lowest BCUT2D eigenvalue weighted by atomic mass is 10.2. The van der Waals surface area contributed by atoms with Crippen molar-refractivity contribution >= 4 is 11.6 Å². The number of nitrogens with one attached hydrogen (secondary N) is 1. The molecule has 1 atom stereocenters. The van der Waals surface area contributed by atoms with Gasteiger partial charge in [-0.3, -0.25) is 9.20 Å². The fourth-order valence-corrected chi connectivity index (χ4v) is 3.49. The van der Waals surface area contributed by atoms with Gasteiger partial charge in [0.25, 0.3) is 5.91 Å². The van der Waals surface area contributed by atoms with Crippen molar-refractivity contribution < 1.29 is 9.18 Å². The molecule has 3 aromatic heterocycles. The second-order valence-electron chi connectivity index (χ2n) is 6.75. The lowest BCUT2D eigenvalue weighted by Gasteiger charge is -2.13. The fourth-order valence-electron chi connectivity index (χ4n) is 3.49. The smallest absolute Gasteiger partial charge is 0.253 e. The van der Waals surface area contributed by atoms with Crippen LogP contribution >= 0.6 is 0 Å². The first-order chi connectivity index (χ1) is 13.5. The Morgan fingerprint density at radius 2 is 1.86 bits per heavy atom. The zero-order chi connectivity index (χ0) is 19.8. The molecule has 142 valence electrons. The molecule has 1 unspecified atom stereocenters. The van der Waals surface area contributed by atoms with Crippen LogP contribution in [0.2, 0.25) is 0 Å². The Labute approximate surface area is 161 Å². The van der Waals surface area contributed by atoms with Crippen molar-refractivity contribution in [3.05, 3.63) is 83.3 Å². The summed E-state index contributed by atoms with van der Waals surface area (Å²) in [4.78, 5) is 12.9.